The van der Waals surface area contributed by atoms with Crippen molar-refractivity contribution in [3.05, 3.63) is 40.3 Å². The molecule has 5 nitrogen and oxygen atoms in total. The van der Waals surface area contributed by atoms with Gasteiger partial charge in [-0.2, -0.15) is 5.26 Å². The average Bonchev–Trinajstić information content (AvgIpc) is 2.77. The van der Waals surface area contributed by atoms with Crippen LogP contribution in [0.25, 0.3) is 0 Å². The van der Waals surface area contributed by atoms with Gasteiger partial charge >= 0.3 is 6.03 Å². The van der Waals surface area contributed by atoms with E-state index in [0.29, 0.717) is 22.9 Å². The molecule has 2 N–H and O–H groups in total. The van der Waals surface area contributed by atoms with E-state index in [2.05, 4.69) is 16.7 Å². The van der Waals surface area contributed by atoms with Crippen molar-refractivity contribution in [2.24, 2.45) is 0 Å². The van der Waals surface area contributed by atoms with E-state index >= 15 is 0 Å². The first-order chi connectivity index (χ1) is 12.2. The zero-order valence-corrected chi connectivity index (χ0v) is 15.0. The van der Waals surface area contributed by atoms with Gasteiger partial charge in [-0.25, -0.2) is 4.79 Å². The number of amides is 2. The SMILES string of the molecule is CCOc1ccc(NC(=O)Nc2sc3c(c2C#N)CCCCC3)cc1. The van der Waals surface area contributed by atoms with E-state index < -0.39 is 0 Å². The van der Waals surface area contributed by atoms with E-state index in [-0.39, 0.29) is 6.03 Å². The van der Waals surface area contributed by atoms with Crippen LogP contribution in [0.15, 0.2) is 24.3 Å². The first-order valence-corrected chi connectivity index (χ1v) is 9.38. The number of hydrogen-bond donors (Lipinski definition) is 2. The maximum atomic E-state index is 12.3. The van der Waals surface area contributed by atoms with Crippen molar-refractivity contribution in [2.45, 2.75) is 39.0 Å². The molecule has 0 spiro atoms. The van der Waals surface area contributed by atoms with E-state index in [9.17, 15) is 10.1 Å². The molecule has 0 radical (unpaired) electrons. The Hall–Kier alpha value is -2.52. The maximum absolute atomic E-state index is 12.3. The molecule has 1 aromatic heterocycles. The molecule has 1 aliphatic rings. The standard InChI is InChI=1S/C19H21N3O2S/c1-2-24-14-10-8-13(9-11-14)21-19(23)22-18-16(12-20)15-6-4-3-5-7-17(15)25-18/h8-11H,2-7H2,1H3,(H2,21,22,23). The largest absolute Gasteiger partial charge is 0.494 e. The highest BCUT2D eigenvalue weighted by atomic mass is 32.1. The second-order valence-electron chi connectivity index (χ2n) is 5.92. The molecule has 6 heteroatoms. The summed E-state index contributed by atoms with van der Waals surface area (Å²) in [4.78, 5) is 13.5. The molecule has 130 valence electrons. The Kier molecular flexibility index (Phi) is 5.56. The first kappa shape index (κ1) is 17.3. The van der Waals surface area contributed by atoms with Gasteiger partial charge < -0.3 is 10.1 Å². The number of urea groups is 1. The number of aryl methyl sites for hydroxylation is 1. The Bertz CT molecular complexity index is 790. The predicted octanol–water partition coefficient (Wildman–Crippen LogP) is 4.93. The van der Waals surface area contributed by atoms with Gasteiger partial charge in [-0.3, -0.25) is 5.32 Å². The maximum Gasteiger partial charge on any atom is 0.324 e. The summed E-state index contributed by atoms with van der Waals surface area (Å²) in [6, 6.07) is 9.15. The highest BCUT2D eigenvalue weighted by Crippen LogP contribution is 2.37. The third-order valence-corrected chi connectivity index (χ3v) is 5.39. The minimum Gasteiger partial charge on any atom is -0.494 e. The highest BCUT2D eigenvalue weighted by molar-refractivity contribution is 7.16. The van der Waals surface area contributed by atoms with Gasteiger partial charge in [0.1, 0.15) is 16.8 Å². The lowest BCUT2D eigenvalue weighted by Gasteiger charge is -2.08. The van der Waals surface area contributed by atoms with Gasteiger partial charge in [0.05, 0.1) is 12.2 Å². The second-order valence-corrected chi connectivity index (χ2v) is 7.02. The van der Waals surface area contributed by atoms with Crippen LogP contribution in [0.2, 0.25) is 0 Å². The number of carbonyl (C=O) groups is 1. The third kappa shape index (κ3) is 4.12. The number of thiophene rings is 1. The molecule has 0 saturated carbocycles. The summed E-state index contributed by atoms with van der Waals surface area (Å²) in [7, 11) is 0. The van der Waals surface area contributed by atoms with Gasteiger partial charge in [0.15, 0.2) is 0 Å². The normalized spacial score (nSPS) is 13.3. The van der Waals surface area contributed by atoms with Crippen molar-refractivity contribution < 1.29 is 9.53 Å². The molecule has 0 aliphatic heterocycles. The number of benzene rings is 1. The molecule has 0 saturated heterocycles. The van der Waals surface area contributed by atoms with E-state index in [4.69, 9.17) is 4.74 Å². The number of ether oxygens (including phenoxy) is 1. The molecular weight excluding hydrogens is 334 g/mol. The topological polar surface area (TPSA) is 74.2 Å². The summed E-state index contributed by atoms with van der Waals surface area (Å²) in [5.41, 5.74) is 2.43. The Morgan fingerprint density at radius 1 is 1.20 bits per heavy atom. The Labute approximate surface area is 151 Å². The van der Waals surface area contributed by atoms with Crippen LogP contribution >= 0.6 is 11.3 Å². The molecule has 1 aliphatic carbocycles. The highest BCUT2D eigenvalue weighted by Gasteiger charge is 2.20. The van der Waals surface area contributed by atoms with Crippen LogP contribution in [0.1, 0.15) is 42.2 Å². The fourth-order valence-corrected chi connectivity index (χ4v) is 4.25. The van der Waals surface area contributed by atoms with Crippen LogP contribution in [0.3, 0.4) is 0 Å². The van der Waals surface area contributed by atoms with Crippen LogP contribution in [0.4, 0.5) is 15.5 Å². The molecule has 2 aromatic rings. The molecule has 2 amide bonds. The fraction of sp³-hybridized carbons (Fsp3) is 0.368. The van der Waals surface area contributed by atoms with Crippen LogP contribution < -0.4 is 15.4 Å². The third-order valence-electron chi connectivity index (χ3n) is 4.18. The van der Waals surface area contributed by atoms with E-state index in [1.54, 1.807) is 12.1 Å². The first-order valence-electron chi connectivity index (χ1n) is 8.56. The molecule has 0 unspecified atom stereocenters. The average molecular weight is 355 g/mol. The lowest BCUT2D eigenvalue weighted by atomic mass is 10.1. The number of nitriles is 1. The fourth-order valence-electron chi connectivity index (χ4n) is 3.02. The molecule has 0 fully saturated rings. The van der Waals surface area contributed by atoms with Crippen LogP contribution in [-0.4, -0.2) is 12.6 Å². The summed E-state index contributed by atoms with van der Waals surface area (Å²) in [5, 5.41) is 15.8. The Balaban J connectivity index is 1.69. The van der Waals surface area contributed by atoms with Crippen molar-refractivity contribution in [2.75, 3.05) is 17.2 Å². The number of fused-ring (bicyclic) bond motifs is 1. The molecule has 1 heterocycles. The van der Waals surface area contributed by atoms with Crippen molar-refractivity contribution in [3.8, 4) is 11.8 Å². The number of hydrogen-bond acceptors (Lipinski definition) is 4. The number of nitrogens with one attached hydrogen (secondary N) is 2. The summed E-state index contributed by atoms with van der Waals surface area (Å²) in [5.74, 6) is 0.766. The summed E-state index contributed by atoms with van der Waals surface area (Å²) in [6.07, 6.45) is 5.38. The van der Waals surface area contributed by atoms with E-state index in [0.717, 1.165) is 37.0 Å². The van der Waals surface area contributed by atoms with Gasteiger partial charge in [0.25, 0.3) is 0 Å². The van der Waals surface area contributed by atoms with E-state index in [1.165, 1.54) is 22.6 Å². The van der Waals surface area contributed by atoms with Gasteiger partial charge in [0, 0.05) is 10.6 Å². The predicted molar refractivity (Wildman–Crippen MR) is 101 cm³/mol. The molecule has 0 atom stereocenters. The van der Waals surface area contributed by atoms with Crippen LogP contribution in [-0.2, 0) is 12.8 Å². The number of nitrogens with zero attached hydrogens (tertiary/aromatic N) is 1. The van der Waals surface area contributed by atoms with Crippen LogP contribution in [0.5, 0.6) is 5.75 Å². The quantitative estimate of drug-likeness (QED) is 0.764. The monoisotopic (exact) mass is 355 g/mol. The smallest absolute Gasteiger partial charge is 0.324 e. The van der Waals surface area contributed by atoms with Crippen molar-refractivity contribution >= 4 is 28.1 Å². The molecular formula is C19H21N3O2S. The molecule has 25 heavy (non-hydrogen) atoms. The van der Waals surface area contributed by atoms with Crippen molar-refractivity contribution in [1.82, 2.24) is 0 Å². The van der Waals surface area contributed by atoms with E-state index in [1.807, 2.05) is 19.1 Å². The van der Waals surface area contributed by atoms with Gasteiger partial charge in [0.2, 0.25) is 0 Å². The summed E-state index contributed by atoms with van der Waals surface area (Å²) >= 11 is 1.53. The van der Waals surface area contributed by atoms with Crippen molar-refractivity contribution in [1.29, 1.82) is 5.26 Å². The minimum atomic E-state index is -0.336. The van der Waals surface area contributed by atoms with Gasteiger partial charge in [-0.05, 0) is 62.4 Å². The number of anilines is 2. The molecule has 0 bridgehead atoms. The summed E-state index contributed by atoms with van der Waals surface area (Å²) in [6.45, 7) is 2.53. The Morgan fingerprint density at radius 2 is 1.96 bits per heavy atom. The van der Waals surface area contributed by atoms with Crippen molar-refractivity contribution in [3.63, 3.8) is 0 Å². The minimum absolute atomic E-state index is 0.336. The Morgan fingerprint density at radius 3 is 2.68 bits per heavy atom. The number of rotatable bonds is 4. The van der Waals surface area contributed by atoms with Crippen LogP contribution in [0, 0.1) is 11.3 Å². The second kappa shape index (κ2) is 8.04. The van der Waals surface area contributed by atoms with Gasteiger partial charge in [-0.1, -0.05) is 6.42 Å². The zero-order valence-electron chi connectivity index (χ0n) is 14.2. The molecule has 1 aromatic carbocycles. The van der Waals surface area contributed by atoms with Gasteiger partial charge in [-0.15, -0.1) is 11.3 Å². The number of carbonyl (C=O) groups excluding carboxylic acids is 1. The summed E-state index contributed by atoms with van der Waals surface area (Å²) < 4.78 is 5.39. The molecule has 3 rings (SSSR count). The lowest BCUT2D eigenvalue weighted by molar-refractivity contribution is 0.262. The lowest BCUT2D eigenvalue weighted by Crippen LogP contribution is -2.19. The zero-order chi connectivity index (χ0) is 17.6.